The van der Waals surface area contributed by atoms with Crippen molar-refractivity contribution in [1.82, 2.24) is 0 Å². The average molecular weight is 1000 g/mol. The summed E-state index contributed by atoms with van der Waals surface area (Å²) in [4.78, 5) is 1.68. The van der Waals surface area contributed by atoms with Gasteiger partial charge in [0.05, 0.1) is 5.56 Å². The highest BCUT2D eigenvalue weighted by Crippen LogP contribution is 2.66. The first kappa shape index (κ1) is 50.9. The maximum Gasteiger partial charge on any atom is 0.460 e. The second kappa shape index (κ2) is 15.8. The topological polar surface area (TPSA) is 24.9 Å². The van der Waals surface area contributed by atoms with Gasteiger partial charge in [-0.2, -0.15) is 101 Å². The van der Waals surface area contributed by atoms with E-state index >= 15 is 43.9 Å². The summed E-state index contributed by atoms with van der Waals surface area (Å²) in [6.07, 6.45) is -20.5. The van der Waals surface area contributed by atoms with E-state index < -0.39 is 112 Å². The van der Waals surface area contributed by atoms with Crippen molar-refractivity contribution in [1.29, 1.82) is 0 Å². The summed E-state index contributed by atoms with van der Waals surface area (Å²) in [6, 6.07) is 10.2. The van der Waals surface area contributed by atoms with Crippen molar-refractivity contribution in [2.75, 3.05) is 23.3 Å². The fourth-order valence-corrected chi connectivity index (χ4v) is 7.51. The van der Waals surface area contributed by atoms with Crippen LogP contribution in [0.2, 0.25) is 0 Å². The molecule has 2 heterocycles. The van der Waals surface area contributed by atoms with Crippen LogP contribution in [0.15, 0.2) is 84.9 Å². The Hall–Kier alpha value is -5.53. The quantitative estimate of drug-likeness (QED) is 0.140. The molecule has 67 heavy (non-hydrogen) atoms. The lowest BCUT2D eigenvalue weighted by Gasteiger charge is -2.43. The minimum Gasteiger partial charge on any atom is -0.473 e. The molecule has 2 aliphatic heterocycles. The number of hydrogen-bond donors (Lipinski definition) is 0. The zero-order valence-electron chi connectivity index (χ0n) is 32.8. The van der Waals surface area contributed by atoms with Crippen LogP contribution in [0.4, 0.5) is 112 Å². The van der Waals surface area contributed by atoms with Gasteiger partial charge in [-0.1, -0.05) is 48.5 Å². The number of ether oxygens (including phenoxy) is 2. The number of alkyl halides is 23. The summed E-state index contributed by atoms with van der Waals surface area (Å²) in [5.74, 6) is -59.4. The molecule has 4 aromatic carbocycles. The number of aryl methyl sites for hydroxylation is 1. The SMILES string of the molecule is Cc1ccccc1N1COc2ccc(C(c3ccc4c(c3)CN(c3ccccc3C(F)(F)C(F)(F)C(F)(F)C(F)(F)C(F)(F)C(F)(F)C(F)(F)C(F)(F)F)CO4)(C(F)(F)F)C(F)(F)F)cc2C1. The van der Waals surface area contributed by atoms with Gasteiger partial charge in [0.15, 0.2) is 13.5 Å². The predicted octanol–water partition coefficient (Wildman–Crippen LogP) is 13.6. The smallest absolute Gasteiger partial charge is 0.460 e. The molecule has 0 saturated carbocycles. The van der Waals surface area contributed by atoms with Crippen LogP contribution in [0.25, 0.3) is 0 Å². The lowest BCUT2D eigenvalue weighted by atomic mass is 9.72. The lowest BCUT2D eigenvalue weighted by Crippen LogP contribution is -2.74. The van der Waals surface area contributed by atoms with Gasteiger partial charge in [0, 0.05) is 35.6 Å². The van der Waals surface area contributed by atoms with Crippen molar-refractivity contribution in [3.63, 3.8) is 0 Å². The Kier molecular flexibility index (Phi) is 12.0. The van der Waals surface area contributed by atoms with Gasteiger partial charge in [0.2, 0.25) is 5.41 Å². The standard InChI is InChI=1S/C40H25F23N2O2/c1-20-6-2-4-8-26(20)64-16-21-14-23(10-12-28(21)66-18-64)30(38(55,56)57,39(58,59)60)24-11-13-29-22(15-24)17-65(19-67-29)27-9-5-3-7-25(27)31(41,42)32(43,44)33(45,46)34(47,48)35(49,50)36(51,52)37(53,54)40(61,62)63/h2-15H,16-19H2,1H3. The summed E-state index contributed by atoms with van der Waals surface area (Å²) in [5.41, 5.74) is -12.1. The molecule has 6 rings (SSSR count). The summed E-state index contributed by atoms with van der Waals surface area (Å²) in [5, 5.41) is 0. The van der Waals surface area contributed by atoms with Crippen molar-refractivity contribution in [2.45, 2.75) is 85.4 Å². The fraction of sp³-hybridized carbons (Fsp3) is 0.400. The van der Waals surface area contributed by atoms with E-state index in [1.54, 1.807) is 31.2 Å². The molecule has 0 atom stereocenters. The van der Waals surface area contributed by atoms with E-state index in [0.717, 1.165) is 6.07 Å². The van der Waals surface area contributed by atoms with Crippen molar-refractivity contribution in [3.05, 3.63) is 118 Å². The molecule has 27 heteroatoms. The minimum atomic E-state index is -8.89. The Balaban J connectivity index is 1.40. The molecule has 0 bridgehead atoms. The number of halogens is 23. The molecule has 0 N–H and O–H groups in total. The van der Waals surface area contributed by atoms with Crippen LogP contribution < -0.4 is 19.3 Å². The number of benzene rings is 4. The van der Waals surface area contributed by atoms with Gasteiger partial charge in [-0.15, -0.1) is 0 Å². The summed E-state index contributed by atoms with van der Waals surface area (Å²) in [6.45, 7) is -1.34. The maximum absolute atomic E-state index is 15.7. The number of anilines is 2. The highest BCUT2D eigenvalue weighted by atomic mass is 19.4. The minimum absolute atomic E-state index is 0.0986. The zero-order chi connectivity index (χ0) is 50.6. The molecule has 0 aliphatic carbocycles. The molecular formula is C40H25F23N2O2. The molecule has 0 amide bonds. The lowest BCUT2D eigenvalue weighted by molar-refractivity contribution is -0.462. The van der Waals surface area contributed by atoms with Gasteiger partial charge in [0.25, 0.3) is 0 Å². The van der Waals surface area contributed by atoms with Gasteiger partial charge in [-0.25, -0.2) is 0 Å². The van der Waals surface area contributed by atoms with Crippen molar-refractivity contribution < 1.29 is 110 Å². The predicted molar refractivity (Wildman–Crippen MR) is 186 cm³/mol. The Morgan fingerprint density at radius 3 is 1.19 bits per heavy atom. The molecule has 0 unspecified atom stereocenters. The average Bonchev–Trinajstić information content (AvgIpc) is 3.21. The van der Waals surface area contributed by atoms with Crippen molar-refractivity contribution in [2.24, 2.45) is 0 Å². The molecule has 0 radical (unpaired) electrons. The van der Waals surface area contributed by atoms with Crippen LogP contribution in [0.1, 0.15) is 33.4 Å². The number of rotatable bonds is 11. The van der Waals surface area contributed by atoms with E-state index in [0.29, 0.717) is 41.6 Å². The van der Waals surface area contributed by atoms with Crippen LogP contribution in [-0.2, 0) is 24.4 Å². The number of para-hydroxylation sites is 2. The zero-order valence-corrected chi connectivity index (χ0v) is 32.8. The summed E-state index contributed by atoms with van der Waals surface area (Å²) >= 11 is 0. The summed E-state index contributed by atoms with van der Waals surface area (Å²) in [7, 11) is 0. The Morgan fingerprint density at radius 2 is 0.776 bits per heavy atom. The van der Waals surface area contributed by atoms with Crippen molar-refractivity contribution in [3.8, 4) is 11.5 Å². The van der Waals surface area contributed by atoms with E-state index in [1.807, 2.05) is 0 Å². The van der Waals surface area contributed by atoms with Gasteiger partial charge >= 0.3 is 60.0 Å². The Bertz CT molecular complexity index is 2480. The van der Waals surface area contributed by atoms with Gasteiger partial charge in [0.1, 0.15) is 11.5 Å². The van der Waals surface area contributed by atoms with E-state index in [-0.39, 0.29) is 53.8 Å². The first-order chi connectivity index (χ1) is 30.4. The molecule has 4 nitrogen and oxygen atoms in total. The van der Waals surface area contributed by atoms with Crippen LogP contribution in [0.3, 0.4) is 0 Å². The van der Waals surface area contributed by atoms with E-state index in [9.17, 15) is 57.1 Å². The van der Waals surface area contributed by atoms with Crippen LogP contribution >= 0.6 is 0 Å². The number of nitrogens with zero attached hydrogens (tertiary/aromatic N) is 2. The molecule has 0 spiro atoms. The van der Waals surface area contributed by atoms with E-state index in [2.05, 4.69) is 0 Å². The first-order valence-electron chi connectivity index (χ1n) is 18.4. The summed E-state index contributed by atoms with van der Waals surface area (Å²) < 4.78 is 343. The van der Waals surface area contributed by atoms with Crippen molar-refractivity contribution >= 4 is 11.4 Å². The first-order valence-corrected chi connectivity index (χ1v) is 18.4. The second-order valence-electron chi connectivity index (χ2n) is 15.2. The molecular weight excluding hydrogens is 977 g/mol. The third-order valence-corrected chi connectivity index (χ3v) is 11.1. The van der Waals surface area contributed by atoms with Gasteiger partial charge in [-0.3, -0.25) is 0 Å². The highest BCUT2D eigenvalue weighted by Gasteiger charge is 2.95. The Labute approximate surface area is 360 Å². The molecule has 4 aromatic rings. The third kappa shape index (κ3) is 7.37. The molecule has 0 saturated heterocycles. The fourth-order valence-electron chi connectivity index (χ4n) is 7.51. The largest absolute Gasteiger partial charge is 0.473 e. The Morgan fingerprint density at radius 1 is 0.403 bits per heavy atom. The number of fused-ring (bicyclic) bond motifs is 2. The molecule has 0 fully saturated rings. The molecule has 368 valence electrons. The van der Waals surface area contributed by atoms with Gasteiger partial charge < -0.3 is 19.3 Å². The maximum atomic E-state index is 15.7. The van der Waals surface area contributed by atoms with E-state index in [1.165, 1.54) is 4.90 Å². The van der Waals surface area contributed by atoms with Crippen LogP contribution in [-0.4, -0.2) is 67.5 Å². The van der Waals surface area contributed by atoms with Crippen LogP contribution in [0, 0.1) is 6.92 Å². The number of hydrogen-bond acceptors (Lipinski definition) is 4. The monoisotopic (exact) mass is 1000 g/mol. The third-order valence-electron chi connectivity index (χ3n) is 11.1. The van der Waals surface area contributed by atoms with E-state index in [4.69, 9.17) is 9.47 Å². The van der Waals surface area contributed by atoms with Crippen LogP contribution in [0.5, 0.6) is 11.5 Å². The second-order valence-corrected chi connectivity index (χ2v) is 15.2. The molecule has 0 aromatic heterocycles. The normalized spacial score (nSPS) is 16.3. The van der Waals surface area contributed by atoms with Gasteiger partial charge in [-0.05, 0) is 60.0 Å². The highest BCUT2D eigenvalue weighted by molar-refractivity contribution is 5.60. The molecule has 2 aliphatic rings.